The summed E-state index contributed by atoms with van der Waals surface area (Å²) in [5, 5.41) is 2.84. The average Bonchev–Trinajstić information content (AvgIpc) is 3.29. The third-order valence-corrected chi connectivity index (χ3v) is 6.24. The number of amides is 3. The lowest BCUT2D eigenvalue weighted by Crippen LogP contribution is -2.56. The summed E-state index contributed by atoms with van der Waals surface area (Å²) in [6, 6.07) is 10.3. The lowest BCUT2D eigenvalue weighted by Gasteiger charge is -2.45. The molecule has 172 valence electrons. The second-order valence-electron chi connectivity index (χ2n) is 8.65. The van der Waals surface area contributed by atoms with E-state index in [0.717, 1.165) is 31.5 Å². The maximum absolute atomic E-state index is 13.5. The van der Waals surface area contributed by atoms with Crippen molar-refractivity contribution in [3.63, 3.8) is 0 Å². The van der Waals surface area contributed by atoms with E-state index in [-0.39, 0.29) is 37.1 Å². The first-order valence-corrected chi connectivity index (χ1v) is 11.1. The average molecular weight is 450 g/mol. The summed E-state index contributed by atoms with van der Waals surface area (Å²) in [4.78, 5) is 44.1. The molecule has 0 saturated carbocycles. The Morgan fingerprint density at radius 2 is 1.88 bits per heavy atom. The van der Waals surface area contributed by atoms with Crippen molar-refractivity contribution in [3.8, 4) is 11.5 Å². The first-order valence-electron chi connectivity index (χ1n) is 11.1. The Morgan fingerprint density at radius 3 is 2.70 bits per heavy atom. The van der Waals surface area contributed by atoms with Gasteiger partial charge in [0, 0.05) is 38.0 Å². The van der Waals surface area contributed by atoms with E-state index in [2.05, 4.69) is 10.2 Å². The van der Waals surface area contributed by atoms with Gasteiger partial charge in [0.2, 0.25) is 18.6 Å². The van der Waals surface area contributed by atoms with Crippen LogP contribution in [0.5, 0.6) is 11.5 Å². The van der Waals surface area contributed by atoms with Crippen molar-refractivity contribution in [1.82, 2.24) is 4.90 Å². The Balaban J connectivity index is 1.44. The maximum atomic E-state index is 13.5. The summed E-state index contributed by atoms with van der Waals surface area (Å²) >= 11 is 0. The number of anilines is 3. The number of nitrogens with one attached hydrogen (secondary N) is 1. The SMILES string of the molecule is CN(C)C(=O)c1ccc2c(c1)N(CC(=O)Nc1ccc3c(c1)OCO3)C(=O)[C@@H]1CCCCN21. The van der Waals surface area contributed by atoms with Gasteiger partial charge in [-0.15, -0.1) is 0 Å². The van der Waals surface area contributed by atoms with E-state index in [9.17, 15) is 14.4 Å². The predicted octanol–water partition coefficient (Wildman–Crippen LogP) is 2.46. The highest BCUT2D eigenvalue weighted by Gasteiger charge is 2.40. The molecule has 1 fully saturated rings. The van der Waals surface area contributed by atoms with Crippen LogP contribution in [0.15, 0.2) is 36.4 Å². The summed E-state index contributed by atoms with van der Waals surface area (Å²) in [6.45, 7) is 0.781. The zero-order chi connectivity index (χ0) is 23.1. The maximum Gasteiger partial charge on any atom is 0.253 e. The van der Waals surface area contributed by atoms with Crippen molar-refractivity contribution in [1.29, 1.82) is 0 Å². The molecule has 33 heavy (non-hydrogen) atoms. The lowest BCUT2D eigenvalue weighted by atomic mass is 9.95. The molecule has 0 aromatic heterocycles. The molecule has 5 rings (SSSR count). The number of piperidine rings is 1. The molecule has 3 aliphatic heterocycles. The van der Waals surface area contributed by atoms with Crippen LogP contribution >= 0.6 is 0 Å². The zero-order valence-corrected chi connectivity index (χ0v) is 18.7. The van der Waals surface area contributed by atoms with E-state index in [0.29, 0.717) is 28.4 Å². The molecule has 0 spiro atoms. The van der Waals surface area contributed by atoms with Gasteiger partial charge in [-0.2, -0.15) is 0 Å². The van der Waals surface area contributed by atoms with Gasteiger partial charge in [0.25, 0.3) is 5.91 Å². The van der Waals surface area contributed by atoms with Crippen LogP contribution in [0.1, 0.15) is 29.6 Å². The Labute approximate surface area is 191 Å². The first kappa shape index (κ1) is 21.1. The van der Waals surface area contributed by atoms with Crippen LogP contribution in [0, 0.1) is 0 Å². The van der Waals surface area contributed by atoms with E-state index in [1.54, 1.807) is 44.4 Å². The van der Waals surface area contributed by atoms with Crippen LogP contribution in [-0.4, -0.2) is 62.6 Å². The van der Waals surface area contributed by atoms with E-state index in [1.807, 2.05) is 6.07 Å². The van der Waals surface area contributed by atoms with Crippen LogP contribution in [0.25, 0.3) is 0 Å². The molecule has 0 aliphatic carbocycles. The number of carbonyl (C=O) groups excluding carboxylic acids is 3. The molecule has 0 bridgehead atoms. The van der Waals surface area contributed by atoms with Crippen LogP contribution in [0.3, 0.4) is 0 Å². The van der Waals surface area contributed by atoms with E-state index >= 15 is 0 Å². The molecule has 1 N–H and O–H groups in total. The van der Waals surface area contributed by atoms with Crippen LogP contribution in [0.4, 0.5) is 17.1 Å². The molecular weight excluding hydrogens is 424 g/mol. The molecule has 3 heterocycles. The molecule has 3 aliphatic rings. The summed E-state index contributed by atoms with van der Waals surface area (Å²) < 4.78 is 10.7. The fourth-order valence-electron chi connectivity index (χ4n) is 4.63. The van der Waals surface area contributed by atoms with Gasteiger partial charge in [0.05, 0.1) is 11.4 Å². The molecule has 1 saturated heterocycles. The van der Waals surface area contributed by atoms with Crippen LogP contribution in [-0.2, 0) is 9.59 Å². The topological polar surface area (TPSA) is 91.4 Å². The molecule has 0 radical (unpaired) electrons. The fraction of sp³-hybridized carbons (Fsp3) is 0.375. The number of ether oxygens (including phenoxy) is 2. The summed E-state index contributed by atoms with van der Waals surface area (Å²) in [5.74, 6) is 0.593. The lowest BCUT2D eigenvalue weighted by molar-refractivity contribution is -0.123. The van der Waals surface area contributed by atoms with Gasteiger partial charge in [-0.05, 0) is 49.6 Å². The number of hydrogen-bond donors (Lipinski definition) is 1. The minimum atomic E-state index is -0.332. The molecule has 2 aromatic rings. The Morgan fingerprint density at radius 1 is 1.06 bits per heavy atom. The van der Waals surface area contributed by atoms with Gasteiger partial charge < -0.3 is 24.6 Å². The standard InChI is InChI=1S/C24H26N4O5/c1-26(2)23(30)15-6-8-17-19(11-15)28(24(31)18-5-3-4-10-27(17)18)13-22(29)25-16-7-9-20-21(12-16)33-14-32-20/h6-9,11-12,18H,3-5,10,13-14H2,1-2H3,(H,25,29)/t18-/m0/s1. The third-order valence-electron chi connectivity index (χ3n) is 6.24. The highest BCUT2D eigenvalue weighted by molar-refractivity contribution is 6.11. The van der Waals surface area contributed by atoms with Crippen molar-refractivity contribution >= 4 is 34.8 Å². The van der Waals surface area contributed by atoms with Crippen molar-refractivity contribution in [2.75, 3.05) is 49.1 Å². The molecule has 2 aromatic carbocycles. The Kier molecular flexibility index (Phi) is 5.32. The molecule has 9 heteroatoms. The highest BCUT2D eigenvalue weighted by Crippen LogP contribution is 2.40. The third kappa shape index (κ3) is 3.83. The Bertz CT molecular complexity index is 1130. The fourth-order valence-corrected chi connectivity index (χ4v) is 4.63. The molecular formula is C24H26N4O5. The Hall–Kier alpha value is -3.75. The largest absolute Gasteiger partial charge is 0.454 e. The number of hydrogen-bond acceptors (Lipinski definition) is 6. The molecule has 3 amide bonds. The van der Waals surface area contributed by atoms with Gasteiger partial charge in [0.1, 0.15) is 12.6 Å². The van der Waals surface area contributed by atoms with Crippen molar-refractivity contribution in [2.24, 2.45) is 0 Å². The number of benzene rings is 2. The predicted molar refractivity (Wildman–Crippen MR) is 123 cm³/mol. The van der Waals surface area contributed by atoms with Gasteiger partial charge in [0.15, 0.2) is 11.5 Å². The normalized spacial score (nSPS) is 18.5. The minimum Gasteiger partial charge on any atom is -0.454 e. The summed E-state index contributed by atoms with van der Waals surface area (Å²) in [5.41, 5.74) is 2.50. The van der Waals surface area contributed by atoms with Crippen molar-refractivity contribution < 1.29 is 23.9 Å². The quantitative estimate of drug-likeness (QED) is 0.770. The second-order valence-corrected chi connectivity index (χ2v) is 8.65. The van der Waals surface area contributed by atoms with Crippen LogP contribution in [0.2, 0.25) is 0 Å². The van der Waals surface area contributed by atoms with Crippen LogP contribution < -0.4 is 24.6 Å². The summed E-state index contributed by atoms with van der Waals surface area (Å²) in [6.07, 6.45) is 2.72. The highest BCUT2D eigenvalue weighted by atomic mass is 16.7. The number of nitrogens with zero attached hydrogens (tertiary/aromatic N) is 3. The number of rotatable bonds is 4. The number of fused-ring (bicyclic) bond motifs is 4. The van der Waals surface area contributed by atoms with Gasteiger partial charge in [-0.1, -0.05) is 0 Å². The minimum absolute atomic E-state index is 0.113. The van der Waals surface area contributed by atoms with Crippen molar-refractivity contribution in [2.45, 2.75) is 25.3 Å². The monoisotopic (exact) mass is 450 g/mol. The smallest absolute Gasteiger partial charge is 0.253 e. The van der Waals surface area contributed by atoms with E-state index in [4.69, 9.17) is 9.47 Å². The molecule has 0 unspecified atom stereocenters. The molecule has 9 nitrogen and oxygen atoms in total. The van der Waals surface area contributed by atoms with Gasteiger partial charge in [-0.3, -0.25) is 19.3 Å². The van der Waals surface area contributed by atoms with E-state index in [1.165, 1.54) is 9.80 Å². The molecule has 1 atom stereocenters. The zero-order valence-electron chi connectivity index (χ0n) is 18.7. The summed E-state index contributed by atoms with van der Waals surface area (Å²) in [7, 11) is 3.37. The van der Waals surface area contributed by atoms with Gasteiger partial charge >= 0.3 is 0 Å². The first-order chi connectivity index (χ1) is 15.9. The number of carbonyl (C=O) groups is 3. The van der Waals surface area contributed by atoms with E-state index < -0.39 is 0 Å². The second kappa shape index (κ2) is 8.31. The van der Waals surface area contributed by atoms with Gasteiger partial charge in [-0.25, -0.2) is 0 Å². The van der Waals surface area contributed by atoms with Crippen molar-refractivity contribution in [3.05, 3.63) is 42.0 Å².